The van der Waals surface area contributed by atoms with Crippen LogP contribution in [0.15, 0.2) is 23.1 Å². The third kappa shape index (κ3) is 3.29. The van der Waals surface area contributed by atoms with Crippen molar-refractivity contribution in [2.75, 3.05) is 27.2 Å². The van der Waals surface area contributed by atoms with Crippen LogP contribution in [0.1, 0.15) is 24.2 Å². The quantitative estimate of drug-likeness (QED) is 0.853. The summed E-state index contributed by atoms with van der Waals surface area (Å²) < 4.78 is 31.2. The van der Waals surface area contributed by atoms with Gasteiger partial charge in [0, 0.05) is 18.7 Å². The zero-order valence-corrected chi connectivity index (χ0v) is 13.0. The van der Waals surface area contributed by atoms with Crippen molar-refractivity contribution in [2.45, 2.75) is 18.7 Å². The molecule has 0 bridgehead atoms. The summed E-state index contributed by atoms with van der Waals surface area (Å²) in [4.78, 5) is 13.8. The zero-order chi connectivity index (χ0) is 15.3. The maximum Gasteiger partial charge on any atom is 0.253 e. The van der Waals surface area contributed by atoms with Gasteiger partial charge in [-0.2, -0.15) is 0 Å². The highest BCUT2D eigenvalue weighted by molar-refractivity contribution is 7.89. The fraction of sp³-hybridized carbons (Fsp3) is 0.462. The molecule has 0 fully saturated rings. The third-order valence-corrected chi connectivity index (χ3v) is 4.45. The van der Waals surface area contributed by atoms with E-state index < -0.39 is 10.0 Å². The highest BCUT2D eigenvalue weighted by atomic mass is 32.2. The van der Waals surface area contributed by atoms with E-state index in [4.69, 9.17) is 4.74 Å². The minimum atomic E-state index is -3.68. The maximum atomic E-state index is 12.2. The molecule has 112 valence electrons. The highest BCUT2D eigenvalue weighted by Crippen LogP contribution is 2.25. The lowest BCUT2D eigenvalue weighted by atomic mass is 10.2. The molecule has 0 aliphatic rings. The number of nitrogens with one attached hydrogen (secondary N) is 1. The molecule has 0 saturated carbocycles. The van der Waals surface area contributed by atoms with Crippen molar-refractivity contribution in [3.63, 3.8) is 0 Å². The first-order valence-electron chi connectivity index (χ1n) is 6.32. The molecule has 6 nitrogen and oxygen atoms in total. The molecule has 1 aromatic carbocycles. The lowest BCUT2D eigenvalue weighted by molar-refractivity contribution is 0.0772. The van der Waals surface area contributed by atoms with Crippen molar-refractivity contribution in [3.05, 3.63) is 23.8 Å². The molecule has 0 spiro atoms. The summed E-state index contributed by atoms with van der Waals surface area (Å²) in [6.07, 6.45) is 0. The molecule has 1 rings (SSSR count). The third-order valence-electron chi connectivity index (χ3n) is 3.02. The van der Waals surface area contributed by atoms with Crippen molar-refractivity contribution >= 4 is 15.9 Å². The Morgan fingerprint density at radius 3 is 2.35 bits per heavy atom. The first-order valence-corrected chi connectivity index (χ1v) is 7.80. The molecule has 1 N–H and O–H groups in total. The van der Waals surface area contributed by atoms with Crippen LogP contribution >= 0.6 is 0 Å². The van der Waals surface area contributed by atoms with Crippen LogP contribution in [0.3, 0.4) is 0 Å². The lowest BCUT2D eigenvalue weighted by Crippen LogP contribution is -2.30. The van der Waals surface area contributed by atoms with Crippen LogP contribution in [0, 0.1) is 0 Å². The van der Waals surface area contributed by atoms with E-state index in [1.54, 1.807) is 11.0 Å². The number of carbonyl (C=O) groups is 1. The van der Waals surface area contributed by atoms with Gasteiger partial charge in [0.05, 0.1) is 7.11 Å². The van der Waals surface area contributed by atoms with Gasteiger partial charge in [-0.3, -0.25) is 4.79 Å². The second kappa shape index (κ2) is 6.71. The van der Waals surface area contributed by atoms with Crippen molar-refractivity contribution in [2.24, 2.45) is 0 Å². The Bertz CT molecular complexity index is 580. The average molecular weight is 300 g/mol. The van der Waals surface area contributed by atoms with Crippen LogP contribution in [0.25, 0.3) is 0 Å². The number of methoxy groups -OCH3 is 1. The maximum absolute atomic E-state index is 12.2. The normalized spacial score (nSPS) is 11.2. The Balaban J connectivity index is 3.34. The molecule has 0 aliphatic heterocycles. The lowest BCUT2D eigenvalue weighted by Gasteiger charge is -2.19. The Morgan fingerprint density at radius 2 is 1.90 bits per heavy atom. The number of nitrogens with zero attached hydrogens (tertiary/aromatic N) is 1. The molecule has 1 aromatic rings. The van der Waals surface area contributed by atoms with E-state index in [0.29, 0.717) is 18.7 Å². The van der Waals surface area contributed by atoms with Gasteiger partial charge in [-0.05, 0) is 39.1 Å². The van der Waals surface area contributed by atoms with Crippen LogP contribution < -0.4 is 9.46 Å². The van der Waals surface area contributed by atoms with Crippen LogP contribution in [0.4, 0.5) is 0 Å². The number of amides is 1. The molecule has 20 heavy (non-hydrogen) atoms. The van der Waals surface area contributed by atoms with Crippen molar-refractivity contribution < 1.29 is 17.9 Å². The summed E-state index contributed by atoms with van der Waals surface area (Å²) >= 11 is 0. The summed E-state index contributed by atoms with van der Waals surface area (Å²) in [5, 5.41) is 0. The highest BCUT2D eigenvalue weighted by Gasteiger charge is 2.21. The van der Waals surface area contributed by atoms with Gasteiger partial charge in [0.15, 0.2) is 0 Å². The summed E-state index contributed by atoms with van der Waals surface area (Å²) in [7, 11) is -0.984. The number of sulfonamides is 1. The fourth-order valence-electron chi connectivity index (χ4n) is 1.82. The summed E-state index contributed by atoms with van der Waals surface area (Å²) in [5.74, 6) is 0.000605. The molecule has 1 amide bonds. The first-order chi connectivity index (χ1) is 9.41. The predicted molar refractivity (Wildman–Crippen MR) is 76.5 cm³/mol. The fourth-order valence-corrected chi connectivity index (χ4v) is 2.74. The molecule has 0 atom stereocenters. The van der Waals surface area contributed by atoms with Gasteiger partial charge in [-0.15, -0.1) is 0 Å². The Morgan fingerprint density at radius 1 is 1.30 bits per heavy atom. The van der Waals surface area contributed by atoms with E-state index in [9.17, 15) is 13.2 Å². The number of benzene rings is 1. The number of hydrogen-bond acceptors (Lipinski definition) is 4. The smallest absolute Gasteiger partial charge is 0.253 e. The minimum absolute atomic E-state index is 0.0412. The van der Waals surface area contributed by atoms with Gasteiger partial charge in [0.1, 0.15) is 10.6 Å². The van der Waals surface area contributed by atoms with Crippen molar-refractivity contribution in [1.82, 2.24) is 9.62 Å². The molecule has 0 unspecified atom stereocenters. The van der Waals surface area contributed by atoms with Gasteiger partial charge in [-0.1, -0.05) is 0 Å². The van der Waals surface area contributed by atoms with Gasteiger partial charge < -0.3 is 9.64 Å². The van der Waals surface area contributed by atoms with E-state index in [1.165, 1.54) is 26.3 Å². The van der Waals surface area contributed by atoms with E-state index in [1.807, 2.05) is 13.8 Å². The summed E-state index contributed by atoms with van der Waals surface area (Å²) in [6.45, 7) is 4.87. The van der Waals surface area contributed by atoms with Crippen molar-refractivity contribution in [3.8, 4) is 5.75 Å². The summed E-state index contributed by atoms with van der Waals surface area (Å²) in [6, 6.07) is 4.39. The molecule has 0 saturated heterocycles. The molecular formula is C13H20N2O4S. The van der Waals surface area contributed by atoms with Gasteiger partial charge in [-0.25, -0.2) is 13.1 Å². The molecule has 0 heterocycles. The van der Waals surface area contributed by atoms with Crippen LogP contribution in [0.5, 0.6) is 5.75 Å². The summed E-state index contributed by atoms with van der Waals surface area (Å²) in [5.41, 5.74) is 0.323. The molecule has 7 heteroatoms. The topological polar surface area (TPSA) is 75.7 Å². The number of hydrogen-bond donors (Lipinski definition) is 1. The molecule has 0 aliphatic carbocycles. The van der Waals surface area contributed by atoms with Crippen LogP contribution in [-0.4, -0.2) is 46.5 Å². The molecule has 0 radical (unpaired) electrons. The number of rotatable bonds is 6. The van der Waals surface area contributed by atoms with Crippen molar-refractivity contribution in [1.29, 1.82) is 0 Å². The SMILES string of the molecule is CCN(CC)C(=O)c1ccc(OC)c(S(=O)(=O)NC)c1. The zero-order valence-electron chi connectivity index (χ0n) is 12.1. The number of carbonyl (C=O) groups excluding carboxylic acids is 1. The second-order valence-electron chi connectivity index (χ2n) is 4.05. The average Bonchev–Trinajstić information content (AvgIpc) is 2.47. The van der Waals surface area contributed by atoms with Crippen LogP contribution in [-0.2, 0) is 10.0 Å². The van der Waals surface area contributed by atoms with Gasteiger partial charge in [0.2, 0.25) is 10.0 Å². The Labute approximate surface area is 119 Å². The van der Waals surface area contributed by atoms with Crippen LogP contribution in [0.2, 0.25) is 0 Å². The second-order valence-corrected chi connectivity index (χ2v) is 5.91. The predicted octanol–water partition coefficient (Wildman–Crippen LogP) is 1.09. The van der Waals surface area contributed by atoms with E-state index in [0.717, 1.165) is 0 Å². The molecule has 0 aromatic heterocycles. The Kier molecular flexibility index (Phi) is 5.52. The minimum Gasteiger partial charge on any atom is -0.495 e. The Hall–Kier alpha value is -1.60. The monoisotopic (exact) mass is 300 g/mol. The molecular weight excluding hydrogens is 280 g/mol. The standard InChI is InChI=1S/C13H20N2O4S/c1-5-15(6-2)13(16)10-7-8-11(19-4)12(9-10)20(17,18)14-3/h7-9,14H,5-6H2,1-4H3. The largest absolute Gasteiger partial charge is 0.495 e. The van der Waals surface area contributed by atoms with Gasteiger partial charge >= 0.3 is 0 Å². The first kappa shape index (κ1) is 16.5. The van der Waals surface area contributed by atoms with E-state index in [-0.39, 0.29) is 16.6 Å². The van der Waals surface area contributed by atoms with Gasteiger partial charge in [0.25, 0.3) is 5.91 Å². The van der Waals surface area contributed by atoms with E-state index >= 15 is 0 Å². The number of ether oxygens (including phenoxy) is 1. The van der Waals surface area contributed by atoms with E-state index in [2.05, 4.69) is 4.72 Å².